The minimum Gasteiger partial charge on any atom is -0.494 e. The minimum absolute atomic E-state index is 0.0329. The molecule has 3 aromatic rings. The number of hydrogen-bond donors (Lipinski definition) is 2. The number of anilines is 3. The zero-order chi connectivity index (χ0) is 19.8. The van der Waals surface area contributed by atoms with E-state index < -0.39 is 0 Å². The van der Waals surface area contributed by atoms with Gasteiger partial charge in [0.05, 0.1) is 18.0 Å². The van der Waals surface area contributed by atoms with Crippen LogP contribution in [0.4, 0.5) is 21.9 Å². The summed E-state index contributed by atoms with van der Waals surface area (Å²) in [6.07, 6.45) is 0. The van der Waals surface area contributed by atoms with Crippen LogP contribution in [0.5, 0.6) is 11.5 Å². The lowest BCUT2D eigenvalue weighted by atomic mass is 10.2. The number of nitrogens with two attached hydrogens (primary N) is 1. The highest BCUT2D eigenvalue weighted by atomic mass is 16.5. The quantitative estimate of drug-likeness (QED) is 0.468. The number of urea groups is 1. The Morgan fingerprint density at radius 1 is 0.857 bits per heavy atom. The van der Waals surface area contributed by atoms with Gasteiger partial charge in [-0.15, -0.1) is 0 Å². The average Bonchev–Trinajstić information content (AvgIpc) is 2.72. The maximum atomic E-state index is 12.8. The van der Waals surface area contributed by atoms with E-state index in [0.717, 1.165) is 11.4 Å². The Morgan fingerprint density at radius 2 is 1.43 bits per heavy atom. The van der Waals surface area contributed by atoms with Gasteiger partial charge in [0.1, 0.15) is 11.5 Å². The van der Waals surface area contributed by atoms with E-state index in [1.807, 2.05) is 49.4 Å². The third kappa shape index (κ3) is 4.94. The molecule has 0 aliphatic heterocycles. The van der Waals surface area contributed by atoms with Gasteiger partial charge < -0.3 is 20.5 Å². The largest absolute Gasteiger partial charge is 0.494 e. The summed E-state index contributed by atoms with van der Waals surface area (Å²) in [7, 11) is 0. The minimum atomic E-state index is -0.304. The summed E-state index contributed by atoms with van der Waals surface area (Å²) in [5, 5.41) is 2.78. The topological polar surface area (TPSA) is 76.8 Å². The molecule has 0 fully saturated rings. The normalized spacial score (nSPS) is 10.2. The number of amides is 2. The predicted molar refractivity (Wildman–Crippen MR) is 111 cm³/mol. The predicted octanol–water partition coefficient (Wildman–Crippen LogP) is 4.55. The molecule has 3 aromatic carbocycles. The van der Waals surface area contributed by atoms with Crippen molar-refractivity contribution in [2.75, 3.05) is 24.0 Å². The molecule has 0 spiro atoms. The van der Waals surface area contributed by atoms with Gasteiger partial charge >= 0.3 is 6.03 Å². The third-order valence-corrected chi connectivity index (χ3v) is 3.97. The summed E-state index contributed by atoms with van der Waals surface area (Å²) < 4.78 is 11.0. The van der Waals surface area contributed by atoms with Gasteiger partial charge in [0.25, 0.3) is 0 Å². The number of nitrogens with zero attached hydrogens (tertiary/aromatic N) is 1. The Hall–Kier alpha value is -3.67. The number of nitrogen functional groups attached to an aromatic ring is 1. The van der Waals surface area contributed by atoms with Crippen molar-refractivity contribution >= 4 is 23.1 Å². The van der Waals surface area contributed by atoms with Gasteiger partial charge in [0.2, 0.25) is 0 Å². The lowest BCUT2D eigenvalue weighted by Gasteiger charge is -2.23. The number of rotatable bonds is 7. The molecule has 0 aromatic heterocycles. The van der Waals surface area contributed by atoms with Crippen LogP contribution in [0.3, 0.4) is 0 Å². The van der Waals surface area contributed by atoms with Gasteiger partial charge in [-0.1, -0.05) is 18.2 Å². The first-order chi connectivity index (χ1) is 13.7. The lowest BCUT2D eigenvalue weighted by Crippen LogP contribution is -2.38. The summed E-state index contributed by atoms with van der Waals surface area (Å²) in [4.78, 5) is 14.4. The number of carbonyl (C=O) groups is 1. The molecule has 28 heavy (non-hydrogen) atoms. The van der Waals surface area contributed by atoms with Crippen LogP contribution in [0.25, 0.3) is 0 Å². The monoisotopic (exact) mass is 377 g/mol. The highest BCUT2D eigenvalue weighted by molar-refractivity contribution is 5.99. The summed E-state index contributed by atoms with van der Waals surface area (Å²) in [6.45, 7) is 2.57. The third-order valence-electron chi connectivity index (χ3n) is 3.97. The number of carbonyl (C=O) groups excluding carboxylic acids is 1. The molecular formula is C22H23N3O3. The fraction of sp³-hybridized carbons (Fsp3) is 0.136. The van der Waals surface area contributed by atoms with Crippen LogP contribution in [-0.2, 0) is 0 Å². The number of hydrogen-bond acceptors (Lipinski definition) is 4. The molecule has 3 N–H and O–H groups in total. The lowest BCUT2D eigenvalue weighted by molar-refractivity contribution is 0.231. The molecule has 0 saturated heterocycles. The molecule has 6 heteroatoms. The van der Waals surface area contributed by atoms with Crippen LogP contribution in [0.1, 0.15) is 6.92 Å². The zero-order valence-corrected chi connectivity index (χ0v) is 15.7. The first kappa shape index (κ1) is 19.1. The summed E-state index contributed by atoms with van der Waals surface area (Å²) in [6, 6.07) is 23.4. The van der Waals surface area contributed by atoms with Crippen molar-refractivity contribution in [3.8, 4) is 11.5 Å². The summed E-state index contributed by atoms with van der Waals surface area (Å²) in [5.41, 5.74) is 7.85. The van der Waals surface area contributed by atoms with E-state index in [1.165, 1.54) is 0 Å². The van der Waals surface area contributed by atoms with E-state index in [2.05, 4.69) is 5.32 Å². The molecule has 0 saturated carbocycles. The van der Waals surface area contributed by atoms with Crippen LogP contribution >= 0.6 is 0 Å². The van der Waals surface area contributed by atoms with Gasteiger partial charge in [0, 0.05) is 5.69 Å². The summed E-state index contributed by atoms with van der Waals surface area (Å²) in [5.74, 6) is 1.42. The first-order valence-electron chi connectivity index (χ1n) is 9.01. The van der Waals surface area contributed by atoms with E-state index in [-0.39, 0.29) is 12.8 Å². The van der Waals surface area contributed by atoms with Gasteiger partial charge in [-0.2, -0.15) is 0 Å². The number of para-hydroxylation sites is 1. The molecule has 0 unspecified atom stereocenters. The van der Waals surface area contributed by atoms with E-state index in [1.54, 1.807) is 41.3 Å². The second-order valence-electron chi connectivity index (χ2n) is 5.94. The van der Waals surface area contributed by atoms with Gasteiger partial charge in [-0.3, -0.25) is 4.90 Å². The van der Waals surface area contributed by atoms with E-state index in [9.17, 15) is 4.79 Å². The highest BCUT2D eigenvalue weighted by Crippen LogP contribution is 2.26. The molecular weight excluding hydrogens is 354 g/mol. The molecule has 0 aliphatic carbocycles. The maximum Gasteiger partial charge on any atom is 0.329 e. The van der Waals surface area contributed by atoms with Crippen molar-refractivity contribution < 1.29 is 14.3 Å². The molecule has 0 atom stereocenters. The molecule has 6 nitrogen and oxygen atoms in total. The van der Waals surface area contributed by atoms with Crippen LogP contribution < -0.4 is 25.4 Å². The van der Waals surface area contributed by atoms with Crippen LogP contribution in [0, 0.1) is 0 Å². The molecule has 0 heterocycles. The number of nitrogens with one attached hydrogen (secondary N) is 1. The number of ether oxygens (including phenoxy) is 2. The van der Waals surface area contributed by atoms with Crippen molar-refractivity contribution in [1.29, 1.82) is 0 Å². The zero-order valence-electron chi connectivity index (χ0n) is 15.7. The Kier molecular flexibility index (Phi) is 6.36. The fourth-order valence-corrected chi connectivity index (χ4v) is 2.64. The van der Waals surface area contributed by atoms with Gasteiger partial charge in [-0.25, -0.2) is 4.79 Å². The van der Waals surface area contributed by atoms with Crippen molar-refractivity contribution in [2.24, 2.45) is 0 Å². The number of benzene rings is 3. The Balaban J connectivity index is 1.67. The van der Waals surface area contributed by atoms with Crippen LogP contribution in [-0.4, -0.2) is 19.4 Å². The molecule has 2 amide bonds. The highest BCUT2D eigenvalue weighted by Gasteiger charge is 2.17. The van der Waals surface area contributed by atoms with E-state index in [4.69, 9.17) is 15.2 Å². The Bertz CT molecular complexity index is 881. The fourth-order valence-electron chi connectivity index (χ4n) is 2.64. The van der Waals surface area contributed by atoms with E-state index >= 15 is 0 Å². The van der Waals surface area contributed by atoms with Gasteiger partial charge in [0.15, 0.2) is 6.73 Å². The second kappa shape index (κ2) is 9.32. The van der Waals surface area contributed by atoms with Crippen molar-refractivity contribution in [2.45, 2.75) is 6.92 Å². The summed E-state index contributed by atoms with van der Waals surface area (Å²) >= 11 is 0. The maximum absolute atomic E-state index is 12.8. The van der Waals surface area contributed by atoms with Crippen LogP contribution in [0.15, 0.2) is 78.9 Å². The van der Waals surface area contributed by atoms with E-state index in [0.29, 0.717) is 23.7 Å². The molecule has 3 rings (SSSR count). The van der Waals surface area contributed by atoms with Crippen molar-refractivity contribution in [3.05, 3.63) is 78.9 Å². The average molecular weight is 377 g/mol. The molecule has 0 radical (unpaired) electrons. The first-order valence-corrected chi connectivity index (χ1v) is 9.01. The van der Waals surface area contributed by atoms with Crippen LogP contribution in [0.2, 0.25) is 0 Å². The Morgan fingerprint density at radius 3 is 2.04 bits per heavy atom. The molecule has 0 bridgehead atoms. The SMILES string of the molecule is CCOc1ccc(OCNC(=O)N(c2ccccc2)c2ccc(N)cc2)cc1. The van der Waals surface area contributed by atoms with Crippen molar-refractivity contribution in [1.82, 2.24) is 5.32 Å². The standard InChI is InChI=1S/C22H23N3O3/c1-2-27-20-12-14-21(15-13-20)28-16-24-22(26)25(18-6-4-3-5-7-18)19-10-8-17(23)9-11-19/h3-15H,2,16,23H2,1H3,(H,24,26). The van der Waals surface area contributed by atoms with Crippen molar-refractivity contribution in [3.63, 3.8) is 0 Å². The molecule has 0 aliphatic rings. The molecule has 144 valence electrons. The second-order valence-corrected chi connectivity index (χ2v) is 5.94. The Labute approximate surface area is 164 Å². The van der Waals surface area contributed by atoms with Gasteiger partial charge in [-0.05, 0) is 67.6 Å². The smallest absolute Gasteiger partial charge is 0.329 e.